The molecule has 0 spiro atoms. The molecule has 4 rings (SSSR count). The standard InChI is InChI=1S/C18H17N7O3S2/c1-3-13-16(26)21-17(29-13)22-19-9-12-15(10-5-7-11(8-6-10)25(27)28)20-18-24(12)23-14(4-2)30-18/h5-9,13H,3-4H2,1-2H3,(H,21,22,26)/b19-9+. The zero-order chi connectivity index (χ0) is 21.3. The first-order valence-corrected chi connectivity index (χ1v) is 10.9. The number of nitro benzene ring substituents is 1. The van der Waals surface area contributed by atoms with Crippen LogP contribution in [0, 0.1) is 10.1 Å². The molecule has 1 aromatic carbocycles. The van der Waals surface area contributed by atoms with Crippen LogP contribution in [0.15, 0.2) is 34.5 Å². The molecule has 12 heteroatoms. The van der Waals surface area contributed by atoms with Crippen molar-refractivity contribution in [2.75, 3.05) is 0 Å². The number of hydrogen-bond donors (Lipinski definition) is 1. The molecule has 1 unspecified atom stereocenters. The summed E-state index contributed by atoms with van der Waals surface area (Å²) in [6, 6.07) is 6.16. The molecule has 0 aliphatic carbocycles. The van der Waals surface area contributed by atoms with E-state index in [0.29, 0.717) is 33.5 Å². The van der Waals surface area contributed by atoms with Crippen LogP contribution in [0.3, 0.4) is 0 Å². The number of nitrogens with one attached hydrogen (secondary N) is 1. The van der Waals surface area contributed by atoms with Gasteiger partial charge in [0.1, 0.15) is 16.4 Å². The van der Waals surface area contributed by atoms with Crippen molar-refractivity contribution in [3.63, 3.8) is 0 Å². The number of thioether (sulfide) groups is 1. The molecule has 1 amide bonds. The minimum atomic E-state index is -0.444. The average Bonchev–Trinajstić information content (AvgIpc) is 3.41. The fourth-order valence-electron chi connectivity index (χ4n) is 2.87. The Hall–Kier alpha value is -3.12. The third-order valence-corrected chi connectivity index (χ3v) is 6.70. The molecule has 1 atom stereocenters. The van der Waals surface area contributed by atoms with Crippen LogP contribution >= 0.6 is 23.1 Å². The highest BCUT2D eigenvalue weighted by Crippen LogP contribution is 2.28. The van der Waals surface area contributed by atoms with Gasteiger partial charge in [0.15, 0.2) is 5.17 Å². The third kappa shape index (κ3) is 3.83. The van der Waals surface area contributed by atoms with Gasteiger partial charge in [-0.15, -0.1) is 5.10 Å². The fraction of sp³-hybridized carbons (Fsp3) is 0.278. The maximum absolute atomic E-state index is 11.8. The number of benzene rings is 1. The third-order valence-electron chi connectivity index (χ3n) is 4.41. The van der Waals surface area contributed by atoms with Crippen LogP contribution < -0.4 is 5.32 Å². The molecule has 3 heterocycles. The molecular formula is C18H17N7O3S2. The summed E-state index contributed by atoms with van der Waals surface area (Å²) in [6.07, 6.45) is 3.03. The Labute approximate surface area is 179 Å². The van der Waals surface area contributed by atoms with Gasteiger partial charge in [0.2, 0.25) is 10.9 Å². The summed E-state index contributed by atoms with van der Waals surface area (Å²) < 4.78 is 1.69. The van der Waals surface area contributed by atoms with Crippen molar-refractivity contribution in [2.24, 2.45) is 10.2 Å². The van der Waals surface area contributed by atoms with Gasteiger partial charge in [-0.05, 0) is 25.0 Å². The van der Waals surface area contributed by atoms with Crippen molar-refractivity contribution >= 4 is 51.0 Å². The van der Waals surface area contributed by atoms with Gasteiger partial charge in [-0.3, -0.25) is 14.9 Å². The molecule has 1 aliphatic rings. The number of nitrogens with zero attached hydrogens (tertiary/aromatic N) is 6. The molecule has 0 saturated carbocycles. The number of aromatic nitrogens is 3. The lowest BCUT2D eigenvalue weighted by Gasteiger charge is -1.99. The Morgan fingerprint density at radius 2 is 2.10 bits per heavy atom. The lowest BCUT2D eigenvalue weighted by molar-refractivity contribution is -0.384. The molecule has 3 aromatic rings. The van der Waals surface area contributed by atoms with Crippen molar-refractivity contribution in [3.8, 4) is 11.3 Å². The Morgan fingerprint density at radius 1 is 1.33 bits per heavy atom. The van der Waals surface area contributed by atoms with Crippen LogP contribution in [0.5, 0.6) is 0 Å². The highest BCUT2D eigenvalue weighted by Gasteiger charge is 2.28. The van der Waals surface area contributed by atoms with Crippen LogP contribution in [0.1, 0.15) is 31.0 Å². The zero-order valence-electron chi connectivity index (χ0n) is 16.1. The SMILES string of the molecule is CCc1nn2c(/C=N/N=C3/NC(=O)C(CC)S3)c(-c3ccc([N+](=O)[O-])cc3)nc2s1. The van der Waals surface area contributed by atoms with Gasteiger partial charge in [0.05, 0.1) is 16.4 Å². The van der Waals surface area contributed by atoms with E-state index < -0.39 is 4.92 Å². The van der Waals surface area contributed by atoms with Crippen molar-refractivity contribution < 1.29 is 9.72 Å². The van der Waals surface area contributed by atoms with E-state index in [0.717, 1.165) is 11.4 Å². The van der Waals surface area contributed by atoms with Crippen molar-refractivity contribution in [2.45, 2.75) is 31.9 Å². The number of aryl methyl sites for hydroxylation is 1. The van der Waals surface area contributed by atoms with Crippen LogP contribution in [-0.4, -0.2) is 42.1 Å². The van der Waals surface area contributed by atoms with Crippen molar-refractivity contribution in [1.82, 2.24) is 19.9 Å². The molecule has 10 nitrogen and oxygen atoms in total. The number of carbonyl (C=O) groups is 1. The topological polar surface area (TPSA) is 127 Å². The minimum Gasteiger partial charge on any atom is -0.303 e. The first-order valence-electron chi connectivity index (χ1n) is 9.22. The highest BCUT2D eigenvalue weighted by molar-refractivity contribution is 8.15. The molecule has 0 radical (unpaired) electrons. The van der Waals surface area contributed by atoms with Crippen molar-refractivity contribution in [1.29, 1.82) is 0 Å². The van der Waals surface area contributed by atoms with E-state index >= 15 is 0 Å². The van der Waals surface area contributed by atoms with Gasteiger partial charge >= 0.3 is 0 Å². The first-order chi connectivity index (χ1) is 14.5. The second-order valence-corrected chi connectivity index (χ2v) is 8.58. The van der Waals surface area contributed by atoms with Crippen LogP contribution in [0.2, 0.25) is 0 Å². The monoisotopic (exact) mass is 443 g/mol. The molecule has 1 N–H and O–H groups in total. The smallest absolute Gasteiger partial charge is 0.269 e. The molecule has 154 valence electrons. The molecule has 1 saturated heterocycles. The summed E-state index contributed by atoms with van der Waals surface area (Å²) in [5.41, 5.74) is 1.93. The zero-order valence-corrected chi connectivity index (χ0v) is 17.7. The molecular weight excluding hydrogens is 426 g/mol. The summed E-state index contributed by atoms with van der Waals surface area (Å²) in [5.74, 6) is -0.0677. The van der Waals surface area contributed by atoms with Crippen molar-refractivity contribution in [3.05, 3.63) is 45.1 Å². The van der Waals surface area contributed by atoms with E-state index in [1.807, 2.05) is 13.8 Å². The lowest BCUT2D eigenvalue weighted by atomic mass is 10.1. The second-order valence-electron chi connectivity index (χ2n) is 6.35. The predicted octanol–water partition coefficient (Wildman–Crippen LogP) is 3.26. The number of fused-ring (bicyclic) bond motifs is 1. The fourth-order valence-corrected chi connectivity index (χ4v) is 4.57. The van der Waals surface area contributed by atoms with E-state index in [9.17, 15) is 14.9 Å². The van der Waals surface area contributed by atoms with Crippen LogP contribution in [0.4, 0.5) is 5.69 Å². The van der Waals surface area contributed by atoms with E-state index in [1.165, 1.54) is 41.4 Å². The normalized spacial score (nSPS) is 18.0. The summed E-state index contributed by atoms with van der Waals surface area (Å²) in [4.78, 5) is 27.6. The number of hydrogen-bond acceptors (Lipinski definition) is 9. The molecule has 1 aliphatic heterocycles. The lowest BCUT2D eigenvalue weighted by Crippen LogP contribution is -2.24. The molecule has 30 heavy (non-hydrogen) atoms. The second kappa shape index (κ2) is 8.32. The number of non-ortho nitro benzene ring substituents is 1. The van der Waals surface area contributed by atoms with Gasteiger partial charge in [-0.2, -0.15) is 10.2 Å². The van der Waals surface area contributed by atoms with E-state index in [4.69, 9.17) is 0 Å². The molecule has 2 aromatic heterocycles. The number of rotatable bonds is 6. The Morgan fingerprint density at radius 3 is 2.73 bits per heavy atom. The number of amidine groups is 1. The van der Waals surface area contributed by atoms with Gasteiger partial charge < -0.3 is 5.32 Å². The number of nitro groups is 1. The number of amides is 1. The van der Waals surface area contributed by atoms with Crippen LogP contribution in [0.25, 0.3) is 16.2 Å². The summed E-state index contributed by atoms with van der Waals surface area (Å²) in [7, 11) is 0. The summed E-state index contributed by atoms with van der Waals surface area (Å²) in [6.45, 7) is 3.95. The number of imidazole rings is 1. The van der Waals surface area contributed by atoms with Gasteiger partial charge in [-0.25, -0.2) is 9.50 Å². The van der Waals surface area contributed by atoms with E-state index in [2.05, 4.69) is 25.6 Å². The Balaban J connectivity index is 1.71. The largest absolute Gasteiger partial charge is 0.303 e. The summed E-state index contributed by atoms with van der Waals surface area (Å²) >= 11 is 2.82. The highest BCUT2D eigenvalue weighted by atomic mass is 32.2. The maximum Gasteiger partial charge on any atom is 0.269 e. The minimum absolute atomic E-state index is 0.00672. The Kier molecular flexibility index (Phi) is 5.59. The predicted molar refractivity (Wildman–Crippen MR) is 117 cm³/mol. The molecule has 1 fully saturated rings. The first kappa shape index (κ1) is 20.2. The van der Waals surface area contributed by atoms with E-state index in [1.54, 1.807) is 16.6 Å². The Bertz CT molecular complexity index is 1180. The summed E-state index contributed by atoms with van der Waals surface area (Å²) in [5, 5.41) is 27.7. The van der Waals surface area contributed by atoms with Gasteiger partial charge in [-0.1, -0.05) is 36.9 Å². The maximum atomic E-state index is 11.8. The molecule has 0 bridgehead atoms. The van der Waals surface area contributed by atoms with Gasteiger partial charge in [0, 0.05) is 17.7 Å². The van der Waals surface area contributed by atoms with Crippen LogP contribution in [-0.2, 0) is 11.2 Å². The van der Waals surface area contributed by atoms with E-state index in [-0.39, 0.29) is 16.8 Å². The van der Waals surface area contributed by atoms with Gasteiger partial charge in [0.25, 0.3) is 5.69 Å². The quantitative estimate of drug-likeness (QED) is 0.354. The average molecular weight is 444 g/mol. The number of carbonyl (C=O) groups excluding carboxylic acids is 1.